The van der Waals surface area contributed by atoms with Gasteiger partial charge in [-0.05, 0) is 31.0 Å². The van der Waals surface area contributed by atoms with Crippen LogP contribution in [0.3, 0.4) is 0 Å². The van der Waals surface area contributed by atoms with E-state index in [0.29, 0.717) is 19.6 Å². The second kappa shape index (κ2) is 7.31. The fourth-order valence-corrected chi connectivity index (χ4v) is 3.81. The van der Waals surface area contributed by atoms with Gasteiger partial charge in [-0.3, -0.25) is 0 Å². The molecule has 118 valence electrons. The maximum Gasteiger partial charge on any atom is 0.260 e. The minimum absolute atomic E-state index is 0.0263. The number of nitrogens with one attached hydrogen (secondary N) is 1. The van der Waals surface area contributed by atoms with Crippen LogP contribution in [-0.4, -0.2) is 50.6 Å². The fraction of sp³-hybridized carbons (Fsp3) is 0.643. The van der Waals surface area contributed by atoms with Gasteiger partial charge in [0.25, 0.3) is 10.0 Å². The summed E-state index contributed by atoms with van der Waals surface area (Å²) in [4.78, 5) is 4.12. The molecule has 7 heteroatoms. The minimum Gasteiger partial charge on any atom is -0.380 e. The Morgan fingerprint density at radius 3 is 2.90 bits per heavy atom. The molecule has 1 aromatic rings. The number of hydrogen-bond donors (Lipinski definition) is 1. The number of nitrogens with zero attached hydrogens (tertiary/aromatic N) is 2. The van der Waals surface area contributed by atoms with Crippen molar-refractivity contribution in [3.05, 3.63) is 23.9 Å². The number of pyridine rings is 1. The van der Waals surface area contributed by atoms with Gasteiger partial charge in [-0.25, -0.2) is 13.4 Å². The average molecular weight is 313 g/mol. The van der Waals surface area contributed by atoms with Crippen molar-refractivity contribution in [2.45, 2.75) is 37.4 Å². The molecule has 0 spiro atoms. The van der Waals surface area contributed by atoms with Crippen molar-refractivity contribution in [3.8, 4) is 0 Å². The van der Waals surface area contributed by atoms with Crippen LogP contribution in [-0.2, 0) is 21.3 Å². The fourth-order valence-electron chi connectivity index (χ4n) is 2.39. The normalized spacial score (nSPS) is 20.6. The molecule has 21 heavy (non-hydrogen) atoms. The van der Waals surface area contributed by atoms with Crippen molar-refractivity contribution in [2.24, 2.45) is 0 Å². The average Bonchev–Trinajstić information content (AvgIpc) is 2.53. The molecule has 0 aliphatic carbocycles. The summed E-state index contributed by atoms with van der Waals surface area (Å²) in [6, 6.07) is 3.39. The quantitative estimate of drug-likeness (QED) is 0.848. The van der Waals surface area contributed by atoms with Crippen molar-refractivity contribution < 1.29 is 13.2 Å². The number of hydrogen-bond acceptors (Lipinski definition) is 5. The molecular formula is C14H23N3O3S. The molecule has 0 aromatic carbocycles. The van der Waals surface area contributed by atoms with Gasteiger partial charge in [-0.2, -0.15) is 4.31 Å². The van der Waals surface area contributed by atoms with Gasteiger partial charge in [-0.15, -0.1) is 0 Å². The predicted molar refractivity (Wildman–Crippen MR) is 80.4 cm³/mol. The highest BCUT2D eigenvalue weighted by molar-refractivity contribution is 7.89. The molecule has 1 N–H and O–H groups in total. The SMILES string of the molecule is CCNCc1ccc(S(=O)(=O)N2CCCC(OC)C2)nc1. The van der Waals surface area contributed by atoms with Crippen LogP contribution in [0.4, 0.5) is 0 Å². The molecule has 6 nitrogen and oxygen atoms in total. The van der Waals surface area contributed by atoms with Gasteiger partial charge >= 0.3 is 0 Å². The third kappa shape index (κ3) is 4.00. The van der Waals surface area contributed by atoms with E-state index in [9.17, 15) is 8.42 Å². The first-order valence-electron chi connectivity index (χ1n) is 7.26. The lowest BCUT2D eigenvalue weighted by atomic mass is 10.1. The zero-order valence-corrected chi connectivity index (χ0v) is 13.4. The number of sulfonamides is 1. The van der Waals surface area contributed by atoms with Crippen molar-refractivity contribution in [1.82, 2.24) is 14.6 Å². The Labute approximate surface area is 126 Å². The van der Waals surface area contributed by atoms with Gasteiger partial charge in [0.1, 0.15) is 0 Å². The van der Waals surface area contributed by atoms with Crippen LogP contribution in [0.25, 0.3) is 0 Å². The highest BCUT2D eigenvalue weighted by Gasteiger charge is 2.31. The van der Waals surface area contributed by atoms with E-state index in [1.165, 1.54) is 4.31 Å². The highest BCUT2D eigenvalue weighted by Crippen LogP contribution is 2.20. The van der Waals surface area contributed by atoms with Crippen LogP contribution in [0.2, 0.25) is 0 Å². The van der Waals surface area contributed by atoms with Crippen molar-refractivity contribution in [3.63, 3.8) is 0 Å². The summed E-state index contributed by atoms with van der Waals surface area (Å²) in [5, 5.41) is 3.29. The Morgan fingerprint density at radius 2 is 2.29 bits per heavy atom. The van der Waals surface area contributed by atoms with Gasteiger partial charge in [-0.1, -0.05) is 13.0 Å². The van der Waals surface area contributed by atoms with E-state index in [4.69, 9.17) is 4.74 Å². The van der Waals surface area contributed by atoms with Crippen LogP contribution < -0.4 is 5.32 Å². The minimum atomic E-state index is -3.52. The molecule has 2 heterocycles. The molecule has 0 amide bonds. The molecule has 1 fully saturated rings. The lowest BCUT2D eigenvalue weighted by Crippen LogP contribution is -2.43. The first-order valence-corrected chi connectivity index (χ1v) is 8.70. The molecule has 1 atom stereocenters. The smallest absolute Gasteiger partial charge is 0.260 e. The molecule has 1 saturated heterocycles. The van der Waals surface area contributed by atoms with E-state index in [1.54, 1.807) is 25.4 Å². The van der Waals surface area contributed by atoms with Crippen molar-refractivity contribution in [2.75, 3.05) is 26.7 Å². The molecule has 2 rings (SSSR count). The third-order valence-corrected chi connectivity index (χ3v) is 5.44. The lowest BCUT2D eigenvalue weighted by molar-refractivity contribution is 0.0571. The highest BCUT2D eigenvalue weighted by atomic mass is 32.2. The van der Waals surface area contributed by atoms with E-state index >= 15 is 0 Å². The Kier molecular flexibility index (Phi) is 5.69. The summed E-state index contributed by atoms with van der Waals surface area (Å²) in [6.07, 6.45) is 3.31. The van der Waals surface area contributed by atoms with Crippen LogP contribution in [0.1, 0.15) is 25.3 Å². The topological polar surface area (TPSA) is 71.5 Å². The van der Waals surface area contributed by atoms with Gasteiger partial charge in [0.15, 0.2) is 5.03 Å². The van der Waals surface area contributed by atoms with E-state index in [1.807, 2.05) is 6.92 Å². The van der Waals surface area contributed by atoms with Gasteiger partial charge < -0.3 is 10.1 Å². The molecule has 1 aromatic heterocycles. The van der Waals surface area contributed by atoms with Crippen LogP contribution >= 0.6 is 0 Å². The summed E-state index contributed by atoms with van der Waals surface area (Å²) in [5.74, 6) is 0. The number of methoxy groups -OCH3 is 1. The van der Waals surface area contributed by atoms with E-state index in [2.05, 4.69) is 10.3 Å². The third-order valence-electron chi connectivity index (χ3n) is 3.66. The second-order valence-corrected chi connectivity index (χ2v) is 7.03. The Morgan fingerprint density at radius 1 is 1.48 bits per heavy atom. The van der Waals surface area contributed by atoms with Crippen molar-refractivity contribution in [1.29, 1.82) is 0 Å². The van der Waals surface area contributed by atoms with Gasteiger partial charge in [0.05, 0.1) is 6.10 Å². The summed E-state index contributed by atoms with van der Waals surface area (Å²) in [7, 11) is -1.90. The lowest BCUT2D eigenvalue weighted by Gasteiger charge is -2.30. The van der Waals surface area contributed by atoms with Gasteiger partial charge in [0.2, 0.25) is 0 Å². The molecule has 1 aliphatic rings. The standard InChI is InChI=1S/C14H23N3O3S/c1-3-15-9-12-6-7-14(16-10-12)21(18,19)17-8-4-5-13(11-17)20-2/h6-7,10,13,15H,3-5,8-9,11H2,1-2H3. The number of ether oxygens (including phenoxy) is 1. The van der Waals surface area contributed by atoms with E-state index < -0.39 is 10.0 Å². The Bertz CT molecular complexity index is 545. The second-order valence-electron chi connectivity index (χ2n) is 5.15. The Balaban J connectivity index is 2.11. The summed E-state index contributed by atoms with van der Waals surface area (Å²) in [5.41, 5.74) is 0.976. The van der Waals surface area contributed by atoms with Crippen molar-refractivity contribution >= 4 is 10.0 Å². The predicted octanol–water partition coefficient (Wildman–Crippen LogP) is 0.991. The molecule has 0 bridgehead atoms. The maximum atomic E-state index is 12.6. The molecule has 0 radical (unpaired) electrons. The maximum absolute atomic E-state index is 12.6. The number of rotatable bonds is 6. The number of piperidine rings is 1. The van der Waals surface area contributed by atoms with E-state index in [0.717, 1.165) is 24.9 Å². The monoisotopic (exact) mass is 313 g/mol. The summed E-state index contributed by atoms with van der Waals surface area (Å²) in [6.45, 7) is 4.52. The molecule has 1 aliphatic heterocycles. The van der Waals surface area contributed by atoms with E-state index in [-0.39, 0.29) is 11.1 Å². The zero-order chi connectivity index (χ0) is 15.3. The summed E-state index contributed by atoms with van der Waals surface area (Å²) >= 11 is 0. The first kappa shape index (κ1) is 16.4. The molecule has 0 saturated carbocycles. The first-order chi connectivity index (χ1) is 10.1. The zero-order valence-electron chi connectivity index (χ0n) is 12.6. The van der Waals surface area contributed by atoms with Crippen LogP contribution in [0.15, 0.2) is 23.4 Å². The molecule has 1 unspecified atom stereocenters. The van der Waals surface area contributed by atoms with Crippen LogP contribution in [0, 0.1) is 0 Å². The summed E-state index contributed by atoms with van der Waals surface area (Å²) < 4.78 is 31.9. The molecular weight excluding hydrogens is 290 g/mol. The largest absolute Gasteiger partial charge is 0.380 e. The number of aromatic nitrogens is 1. The van der Waals surface area contributed by atoms with Gasteiger partial charge in [0, 0.05) is 32.9 Å². The van der Waals surface area contributed by atoms with Crippen LogP contribution in [0.5, 0.6) is 0 Å². The Hall–Kier alpha value is -1.02.